The minimum atomic E-state index is -0.480. The first-order valence-electron chi connectivity index (χ1n) is 6.34. The van der Waals surface area contributed by atoms with Crippen LogP contribution in [0.3, 0.4) is 0 Å². The summed E-state index contributed by atoms with van der Waals surface area (Å²) < 4.78 is 5.23. The SMILES string of the molecule is CCCC[C@@](C#N)(CCCl)c1cccc(OC)c1. The van der Waals surface area contributed by atoms with E-state index in [9.17, 15) is 5.26 Å². The summed E-state index contributed by atoms with van der Waals surface area (Å²) in [4.78, 5) is 0. The van der Waals surface area contributed by atoms with Gasteiger partial charge in [0.15, 0.2) is 0 Å². The molecule has 1 rings (SSSR count). The standard InChI is InChI=1S/C15H20ClNO/c1-3-4-8-15(12-17,9-10-16)13-6-5-7-14(11-13)18-2/h5-7,11H,3-4,8-10H2,1-2H3/t15-/m0/s1. The molecule has 0 amide bonds. The van der Waals surface area contributed by atoms with Crippen LogP contribution in [0.4, 0.5) is 0 Å². The summed E-state index contributed by atoms with van der Waals surface area (Å²) in [5.74, 6) is 1.28. The molecule has 98 valence electrons. The van der Waals surface area contributed by atoms with Gasteiger partial charge in [0, 0.05) is 5.88 Å². The largest absolute Gasteiger partial charge is 0.497 e. The molecule has 1 aromatic carbocycles. The van der Waals surface area contributed by atoms with Gasteiger partial charge in [-0.2, -0.15) is 5.26 Å². The maximum Gasteiger partial charge on any atom is 0.119 e. The van der Waals surface area contributed by atoms with Gasteiger partial charge in [-0.15, -0.1) is 11.6 Å². The van der Waals surface area contributed by atoms with E-state index in [-0.39, 0.29) is 0 Å². The molecule has 0 spiro atoms. The Bertz CT molecular complexity index is 413. The Labute approximate surface area is 115 Å². The van der Waals surface area contributed by atoms with Gasteiger partial charge in [0.1, 0.15) is 5.75 Å². The molecule has 0 aliphatic heterocycles. The molecule has 3 heteroatoms. The first-order valence-corrected chi connectivity index (χ1v) is 6.87. The topological polar surface area (TPSA) is 33.0 Å². The van der Waals surface area contributed by atoms with Crippen molar-refractivity contribution in [2.75, 3.05) is 13.0 Å². The fourth-order valence-electron chi connectivity index (χ4n) is 2.15. The average molecular weight is 266 g/mol. The van der Waals surface area contributed by atoms with Crippen molar-refractivity contribution < 1.29 is 4.74 Å². The highest BCUT2D eigenvalue weighted by molar-refractivity contribution is 6.17. The molecule has 0 N–H and O–H groups in total. The lowest BCUT2D eigenvalue weighted by Gasteiger charge is -2.26. The Morgan fingerprint density at radius 2 is 2.17 bits per heavy atom. The fraction of sp³-hybridized carbons (Fsp3) is 0.533. The second kappa shape index (κ2) is 7.28. The summed E-state index contributed by atoms with van der Waals surface area (Å²) in [6.45, 7) is 2.13. The number of rotatable bonds is 7. The first-order chi connectivity index (χ1) is 8.72. The molecule has 0 aliphatic rings. The summed E-state index contributed by atoms with van der Waals surface area (Å²) in [5, 5.41) is 9.60. The number of methoxy groups -OCH3 is 1. The van der Waals surface area contributed by atoms with Gasteiger partial charge in [0.05, 0.1) is 18.6 Å². The van der Waals surface area contributed by atoms with Crippen LogP contribution in [0.25, 0.3) is 0 Å². The number of hydrogen-bond acceptors (Lipinski definition) is 2. The predicted octanol–water partition coefficient (Wildman–Crippen LogP) is 4.28. The van der Waals surface area contributed by atoms with Crippen LogP contribution in [0, 0.1) is 11.3 Å². The third-order valence-electron chi connectivity index (χ3n) is 3.31. The summed E-state index contributed by atoms with van der Waals surface area (Å²) in [6, 6.07) is 10.2. The normalized spacial score (nSPS) is 13.7. The molecule has 0 bridgehead atoms. The van der Waals surface area contributed by atoms with E-state index in [0.29, 0.717) is 12.3 Å². The molecule has 2 nitrogen and oxygen atoms in total. The van der Waals surface area contributed by atoms with Gasteiger partial charge in [-0.3, -0.25) is 0 Å². The lowest BCUT2D eigenvalue weighted by Crippen LogP contribution is -2.25. The maximum absolute atomic E-state index is 9.60. The summed E-state index contributed by atoms with van der Waals surface area (Å²) in [6.07, 6.45) is 3.63. The maximum atomic E-state index is 9.60. The molecular formula is C15H20ClNO. The van der Waals surface area contributed by atoms with E-state index in [0.717, 1.165) is 30.6 Å². The molecule has 0 saturated carbocycles. The predicted molar refractivity (Wildman–Crippen MR) is 75.1 cm³/mol. The van der Waals surface area contributed by atoms with Crippen molar-refractivity contribution in [3.63, 3.8) is 0 Å². The Kier molecular flexibility index (Phi) is 6.01. The highest BCUT2D eigenvalue weighted by Gasteiger charge is 2.31. The second-order valence-corrected chi connectivity index (χ2v) is 4.85. The Hall–Kier alpha value is -1.20. The van der Waals surface area contributed by atoms with Gasteiger partial charge in [0.25, 0.3) is 0 Å². The number of nitriles is 1. The molecular weight excluding hydrogens is 246 g/mol. The van der Waals surface area contributed by atoms with Crippen molar-refractivity contribution in [2.45, 2.75) is 38.0 Å². The quantitative estimate of drug-likeness (QED) is 0.690. The summed E-state index contributed by atoms with van der Waals surface area (Å²) in [5.41, 5.74) is 0.533. The highest BCUT2D eigenvalue weighted by atomic mass is 35.5. The zero-order chi connectivity index (χ0) is 13.4. The third kappa shape index (κ3) is 3.40. The Morgan fingerprint density at radius 3 is 2.72 bits per heavy atom. The van der Waals surface area contributed by atoms with Crippen molar-refractivity contribution in [3.05, 3.63) is 29.8 Å². The van der Waals surface area contributed by atoms with Crippen molar-refractivity contribution >= 4 is 11.6 Å². The van der Waals surface area contributed by atoms with E-state index in [1.54, 1.807) is 7.11 Å². The average Bonchev–Trinajstić information content (AvgIpc) is 2.43. The van der Waals surface area contributed by atoms with Crippen molar-refractivity contribution in [2.24, 2.45) is 0 Å². The van der Waals surface area contributed by atoms with E-state index < -0.39 is 5.41 Å². The number of nitrogens with zero attached hydrogens (tertiary/aromatic N) is 1. The van der Waals surface area contributed by atoms with Crippen LogP contribution in [-0.4, -0.2) is 13.0 Å². The molecule has 0 fully saturated rings. The van der Waals surface area contributed by atoms with Crippen LogP contribution in [0.15, 0.2) is 24.3 Å². The van der Waals surface area contributed by atoms with E-state index >= 15 is 0 Å². The minimum absolute atomic E-state index is 0.480. The van der Waals surface area contributed by atoms with Gasteiger partial charge in [-0.25, -0.2) is 0 Å². The van der Waals surface area contributed by atoms with Gasteiger partial charge in [-0.05, 0) is 30.5 Å². The monoisotopic (exact) mass is 265 g/mol. The van der Waals surface area contributed by atoms with Gasteiger partial charge in [-0.1, -0.05) is 31.9 Å². The van der Waals surface area contributed by atoms with E-state index in [1.165, 1.54) is 0 Å². The summed E-state index contributed by atoms with van der Waals surface area (Å²) >= 11 is 5.88. The number of hydrogen-bond donors (Lipinski definition) is 0. The van der Waals surface area contributed by atoms with Gasteiger partial charge >= 0.3 is 0 Å². The molecule has 0 radical (unpaired) electrons. The number of halogens is 1. The van der Waals surface area contributed by atoms with Crippen LogP contribution < -0.4 is 4.74 Å². The lowest BCUT2D eigenvalue weighted by atomic mass is 9.75. The lowest BCUT2D eigenvalue weighted by molar-refractivity contribution is 0.410. The zero-order valence-electron chi connectivity index (χ0n) is 11.1. The molecule has 18 heavy (non-hydrogen) atoms. The summed E-state index contributed by atoms with van der Waals surface area (Å²) in [7, 11) is 1.64. The van der Waals surface area contributed by atoms with E-state index in [4.69, 9.17) is 16.3 Å². The second-order valence-electron chi connectivity index (χ2n) is 4.47. The molecule has 0 aliphatic carbocycles. The number of alkyl halides is 1. The van der Waals surface area contributed by atoms with Crippen LogP contribution >= 0.6 is 11.6 Å². The zero-order valence-corrected chi connectivity index (χ0v) is 11.8. The van der Waals surface area contributed by atoms with Gasteiger partial charge in [0.2, 0.25) is 0 Å². The van der Waals surface area contributed by atoms with Gasteiger partial charge < -0.3 is 4.74 Å². The number of benzene rings is 1. The number of ether oxygens (including phenoxy) is 1. The molecule has 0 heterocycles. The third-order valence-corrected chi connectivity index (χ3v) is 3.50. The van der Waals surface area contributed by atoms with Crippen molar-refractivity contribution in [1.29, 1.82) is 5.26 Å². The van der Waals surface area contributed by atoms with Crippen LogP contribution in [0.5, 0.6) is 5.75 Å². The molecule has 0 saturated heterocycles. The van der Waals surface area contributed by atoms with Crippen LogP contribution in [-0.2, 0) is 5.41 Å². The highest BCUT2D eigenvalue weighted by Crippen LogP contribution is 2.35. The fourth-order valence-corrected chi connectivity index (χ4v) is 2.47. The Morgan fingerprint density at radius 1 is 1.39 bits per heavy atom. The molecule has 1 aromatic rings. The smallest absolute Gasteiger partial charge is 0.119 e. The molecule has 1 atom stereocenters. The van der Waals surface area contributed by atoms with Crippen LogP contribution in [0.2, 0.25) is 0 Å². The Balaban J connectivity index is 3.10. The first kappa shape index (κ1) is 14.9. The van der Waals surface area contributed by atoms with Crippen LogP contribution in [0.1, 0.15) is 38.2 Å². The molecule has 0 unspecified atom stereocenters. The van der Waals surface area contributed by atoms with E-state index in [2.05, 4.69) is 13.0 Å². The molecule has 0 aromatic heterocycles. The minimum Gasteiger partial charge on any atom is -0.497 e. The number of unbranched alkanes of at least 4 members (excludes halogenated alkanes) is 1. The van der Waals surface area contributed by atoms with Crippen molar-refractivity contribution in [3.8, 4) is 11.8 Å². The van der Waals surface area contributed by atoms with Crippen molar-refractivity contribution in [1.82, 2.24) is 0 Å². The van der Waals surface area contributed by atoms with E-state index in [1.807, 2.05) is 24.3 Å².